The molecule has 0 saturated carbocycles. The minimum Gasteiger partial charge on any atom is -0.480 e. The first-order valence-electron chi connectivity index (χ1n) is 23.9. The molecule has 0 radical (unpaired) electrons. The number of nitrogens with one attached hydrogen (secondary N) is 1. The van der Waals surface area contributed by atoms with Gasteiger partial charge in [-0.3, -0.25) is 18.6 Å². The van der Waals surface area contributed by atoms with E-state index in [1.807, 2.05) is 12.2 Å². The Hall–Kier alpha value is -3.86. The number of rotatable bonds is 43. The summed E-state index contributed by atoms with van der Waals surface area (Å²) in [4.78, 5) is 46.0. The number of phosphoric acid groups is 1. The second kappa shape index (κ2) is 45.7. The van der Waals surface area contributed by atoms with Gasteiger partial charge >= 0.3 is 19.8 Å². The Kier molecular flexibility index (Phi) is 42.9. The molecule has 0 aromatic rings. The molecule has 4 N–H and O–H groups in total. The molecule has 12 heteroatoms. The largest absolute Gasteiger partial charge is 0.480 e. The van der Waals surface area contributed by atoms with Gasteiger partial charge in [0.25, 0.3) is 0 Å². The van der Waals surface area contributed by atoms with E-state index in [4.69, 9.17) is 13.8 Å². The van der Waals surface area contributed by atoms with Crippen molar-refractivity contribution in [3.63, 3.8) is 0 Å². The van der Waals surface area contributed by atoms with Crippen molar-refractivity contribution < 1.29 is 47.8 Å². The Balaban J connectivity index is 4.01. The minimum atomic E-state index is -4.79. The third-order valence-electron chi connectivity index (χ3n) is 9.55. The van der Waals surface area contributed by atoms with Crippen molar-refractivity contribution in [2.45, 2.75) is 180 Å². The van der Waals surface area contributed by atoms with Gasteiger partial charge < -0.3 is 25.2 Å². The lowest BCUT2D eigenvalue weighted by atomic mass is 10.1. The Morgan fingerprint density at radius 1 is 0.516 bits per heavy atom. The highest BCUT2D eigenvalue weighted by atomic mass is 31.2. The molecule has 3 unspecified atom stereocenters. The number of ether oxygens (including phenoxy) is 1. The number of phosphoric ester groups is 1. The standard InChI is InChI=1S/C52H84NO10P/c1-3-5-7-9-11-13-15-17-19-21-22-23-24-25-26-28-29-31-33-35-37-39-41-43-50(55)53-49(52(57)58)47-63-64(59,60)62-46-48(54)45-61-51(56)44-42-40-38-36-34-32-30-27-20-18-16-14-12-10-8-6-4-2/h5,7,11-14,17-20,22-23,25-26,29,31,35,37,48-49,54H,3-4,6,8-10,15-16,21,24,27-28,30,32-34,36,38-47H2,1-2H3,(H,53,55)(H,57,58)(H,59,60)/b7-5-,13-11-,14-12-,19-17-,20-18-,23-22-,26-25-,31-29-,37-35-. The fourth-order valence-corrected chi connectivity index (χ4v) is 6.63. The van der Waals surface area contributed by atoms with Crippen LogP contribution in [-0.2, 0) is 32.7 Å². The topological polar surface area (TPSA) is 169 Å². The number of aliphatic hydroxyl groups excluding tert-OH is 1. The molecule has 11 nitrogen and oxygen atoms in total. The van der Waals surface area contributed by atoms with Gasteiger partial charge in [0.2, 0.25) is 5.91 Å². The third kappa shape index (κ3) is 44.7. The summed E-state index contributed by atoms with van der Waals surface area (Å²) in [6.45, 7) is 2.40. The van der Waals surface area contributed by atoms with Crippen LogP contribution in [0.2, 0.25) is 0 Å². The molecule has 362 valence electrons. The maximum absolute atomic E-state index is 12.3. The van der Waals surface area contributed by atoms with Crippen molar-refractivity contribution >= 4 is 25.7 Å². The molecule has 0 spiro atoms. The zero-order chi connectivity index (χ0) is 47.0. The summed E-state index contributed by atoms with van der Waals surface area (Å²) in [5.41, 5.74) is 0. The lowest BCUT2D eigenvalue weighted by molar-refractivity contribution is -0.147. The first-order valence-corrected chi connectivity index (χ1v) is 25.4. The van der Waals surface area contributed by atoms with E-state index in [0.29, 0.717) is 19.3 Å². The number of esters is 1. The van der Waals surface area contributed by atoms with Crippen molar-refractivity contribution in [1.29, 1.82) is 0 Å². The molecular weight excluding hydrogens is 830 g/mol. The predicted molar refractivity (Wildman–Crippen MR) is 263 cm³/mol. The predicted octanol–water partition coefficient (Wildman–Crippen LogP) is 13.0. The van der Waals surface area contributed by atoms with Crippen molar-refractivity contribution in [3.8, 4) is 0 Å². The van der Waals surface area contributed by atoms with Crippen molar-refractivity contribution in [1.82, 2.24) is 5.32 Å². The van der Waals surface area contributed by atoms with Gasteiger partial charge in [0, 0.05) is 12.8 Å². The molecule has 64 heavy (non-hydrogen) atoms. The number of unbranched alkanes of at least 4 members (excludes halogenated alkanes) is 11. The smallest absolute Gasteiger partial charge is 0.472 e. The van der Waals surface area contributed by atoms with E-state index in [1.54, 1.807) is 0 Å². The van der Waals surface area contributed by atoms with Crippen LogP contribution in [0.1, 0.15) is 168 Å². The van der Waals surface area contributed by atoms with Crippen LogP contribution in [0.15, 0.2) is 109 Å². The van der Waals surface area contributed by atoms with Gasteiger partial charge in [0.1, 0.15) is 12.7 Å². The number of aliphatic carboxylic acids is 1. The second-order valence-corrected chi connectivity index (χ2v) is 17.0. The first-order chi connectivity index (χ1) is 31.1. The SMILES string of the molecule is CC/C=C\C/C=C\C/C=C\C/C=C\C/C=C\C/C=C\C/C=C\CCCC(=O)NC(COP(=O)(O)OCC(O)COC(=O)CCCCCCCCC/C=C\C/C=C\CCCCC)C(=O)O. The molecule has 3 atom stereocenters. The maximum atomic E-state index is 12.3. The normalized spacial score (nSPS) is 14.6. The van der Waals surface area contributed by atoms with Crippen LogP contribution in [0, 0.1) is 0 Å². The number of carboxylic acid groups (broad SMARTS) is 1. The monoisotopic (exact) mass is 914 g/mol. The highest BCUT2D eigenvalue weighted by Gasteiger charge is 2.28. The minimum absolute atomic E-state index is 0.0580. The van der Waals surface area contributed by atoms with E-state index in [9.17, 15) is 34.1 Å². The fourth-order valence-electron chi connectivity index (χ4n) is 5.86. The van der Waals surface area contributed by atoms with Crippen LogP contribution in [-0.4, -0.2) is 64.9 Å². The van der Waals surface area contributed by atoms with Crippen LogP contribution in [0.3, 0.4) is 0 Å². The molecule has 0 aliphatic heterocycles. The van der Waals surface area contributed by atoms with Gasteiger partial charge in [0.05, 0.1) is 13.2 Å². The van der Waals surface area contributed by atoms with Gasteiger partial charge in [-0.25, -0.2) is 9.36 Å². The molecule has 0 saturated heterocycles. The van der Waals surface area contributed by atoms with Crippen LogP contribution < -0.4 is 5.32 Å². The molecular formula is C52H84NO10P. The van der Waals surface area contributed by atoms with Gasteiger partial charge in [0.15, 0.2) is 6.04 Å². The van der Waals surface area contributed by atoms with Crippen LogP contribution in [0.4, 0.5) is 0 Å². The molecule has 0 fully saturated rings. The van der Waals surface area contributed by atoms with E-state index >= 15 is 0 Å². The molecule has 0 aliphatic carbocycles. The van der Waals surface area contributed by atoms with Gasteiger partial charge in [-0.2, -0.15) is 0 Å². The Morgan fingerprint density at radius 3 is 1.39 bits per heavy atom. The summed E-state index contributed by atoms with van der Waals surface area (Å²) in [5, 5.41) is 21.8. The van der Waals surface area contributed by atoms with Crippen LogP contribution in [0.5, 0.6) is 0 Å². The average molecular weight is 914 g/mol. The van der Waals surface area contributed by atoms with Crippen molar-refractivity contribution in [3.05, 3.63) is 109 Å². The number of hydrogen-bond acceptors (Lipinski definition) is 8. The number of carbonyl (C=O) groups is 3. The van der Waals surface area contributed by atoms with E-state index < -0.39 is 57.6 Å². The highest BCUT2D eigenvalue weighted by molar-refractivity contribution is 7.47. The molecule has 1 amide bonds. The summed E-state index contributed by atoms with van der Waals surface area (Å²) in [6, 6.07) is -1.59. The maximum Gasteiger partial charge on any atom is 0.472 e. The summed E-state index contributed by atoms with van der Waals surface area (Å²) in [5.74, 6) is -2.48. The zero-order valence-electron chi connectivity index (χ0n) is 39.3. The van der Waals surface area contributed by atoms with E-state index in [2.05, 4.69) is 116 Å². The lowest BCUT2D eigenvalue weighted by Crippen LogP contribution is -2.43. The molecule has 0 heterocycles. The number of aliphatic hydroxyl groups is 1. The van der Waals surface area contributed by atoms with Crippen molar-refractivity contribution in [2.24, 2.45) is 0 Å². The molecule has 0 bridgehead atoms. The van der Waals surface area contributed by atoms with Gasteiger partial charge in [-0.1, -0.05) is 168 Å². The quantitative estimate of drug-likeness (QED) is 0.0200. The van der Waals surface area contributed by atoms with Gasteiger partial charge in [-0.15, -0.1) is 0 Å². The van der Waals surface area contributed by atoms with Crippen LogP contribution >= 0.6 is 7.82 Å². The van der Waals surface area contributed by atoms with E-state index in [-0.39, 0.29) is 12.8 Å². The zero-order valence-corrected chi connectivity index (χ0v) is 40.2. The Bertz CT molecular complexity index is 1490. The Labute approximate surface area is 386 Å². The van der Waals surface area contributed by atoms with E-state index in [0.717, 1.165) is 83.5 Å². The fraction of sp³-hybridized carbons (Fsp3) is 0.596. The number of carbonyl (C=O) groups excluding carboxylic acids is 2. The lowest BCUT2D eigenvalue weighted by Gasteiger charge is -2.18. The number of amides is 1. The van der Waals surface area contributed by atoms with E-state index in [1.165, 1.54) is 38.5 Å². The highest BCUT2D eigenvalue weighted by Crippen LogP contribution is 2.43. The average Bonchev–Trinajstić information content (AvgIpc) is 3.27. The molecule has 0 rings (SSSR count). The summed E-state index contributed by atoms with van der Waals surface area (Å²) >= 11 is 0. The molecule has 0 aromatic carbocycles. The first kappa shape index (κ1) is 60.1. The molecule has 0 aliphatic rings. The third-order valence-corrected chi connectivity index (χ3v) is 10.5. The Morgan fingerprint density at radius 2 is 0.922 bits per heavy atom. The number of hydrogen-bond donors (Lipinski definition) is 4. The second-order valence-electron chi connectivity index (χ2n) is 15.6. The summed E-state index contributed by atoms with van der Waals surface area (Å²) in [6.07, 6.45) is 59.7. The van der Waals surface area contributed by atoms with Crippen molar-refractivity contribution in [2.75, 3.05) is 19.8 Å². The van der Waals surface area contributed by atoms with Crippen LogP contribution in [0.25, 0.3) is 0 Å². The number of allylic oxidation sites excluding steroid dienone is 18. The van der Waals surface area contributed by atoms with Gasteiger partial charge in [-0.05, 0) is 96.3 Å². The summed E-state index contributed by atoms with van der Waals surface area (Å²) in [7, 11) is -4.79. The summed E-state index contributed by atoms with van der Waals surface area (Å²) < 4.78 is 26.9. The number of carboxylic acids is 1. The molecule has 0 aromatic heterocycles.